The van der Waals surface area contributed by atoms with E-state index in [-0.39, 0.29) is 17.4 Å². The highest BCUT2D eigenvalue weighted by atomic mass is 35.5. The van der Waals surface area contributed by atoms with Crippen LogP contribution in [0.4, 0.5) is 0 Å². The number of thioether (sulfide) groups is 1. The number of methoxy groups -OCH3 is 1. The molecule has 0 fully saturated rings. The zero-order valence-electron chi connectivity index (χ0n) is 20.2. The fourth-order valence-corrected chi connectivity index (χ4v) is 4.73. The number of hydrazone groups is 1. The van der Waals surface area contributed by atoms with Crippen molar-refractivity contribution >= 4 is 46.3 Å². The molecule has 10 heteroatoms. The number of carbonyl (C=O) groups excluding carboxylic acids is 1. The van der Waals surface area contributed by atoms with Crippen LogP contribution in [0.5, 0.6) is 11.5 Å². The smallest absolute Gasteiger partial charge is 0.250 e. The van der Waals surface area contributed by atoms with Crippen LogP contribution in [0.1, 0.15) is 5.56 Å². The average molecular weight is 544 g/mol. The van der Waals surface area contributed by atoms with Gasteiger partial charge in [0.2, 0.25) is 0 Å². The number of ether oxygens (including phenoxy) is 1. The molecule has 5 rings (SSSR count). The van der Waals surface area contributed by atoms with Crippen LogP contribution in [-0.4, -0.2) is 44.9 Å². The number of rotatable bonds is 8. The molecule has 4 aromatic carbocycles. The van der Waals surface area contributed by atoms with Crippen LogP contribution < -0.4 is 10.2 Å². The second kappa shape index (κ2) is 11.4. The molecule has 0 spiro atoms. The van der Waals surface area contributed by atoms with Gasteiger partial charge in [0.25, 0.3) is 5.91 Å². The van der Waals surface area contributed by atoms with Crippen molar-refractivity contribution in [3.8, 4) is 28.6 Å². The summed E-state index contributed by atoms with van der Waals surface area (Å²) in [5, 5.41) is 26.0. The van der Waals surface area contributed by atoms with Crippen molar-refractivity contribution in [2.24, 2.45) is 5.10 Å². The maximum atomic E-state index is 12.6. The van der Waals surface area contributed by atoms with Crippen LogP contribution in [-0.2, 0) is 4.79 Å². The molecule has 38 heavy (non-hydrogen) atoms. The predicted octanol–water partition coefficient (Wildman–Crippen LogP) is 5.70. The molecule has 0 radical (unpaired) electrons. The first-order chi connectivity index (χ1) is 18.5. The van der Waals surface area contributed by atoms with Crippen LogP contribution in [0.3, 0.4) is 0 Å². The normalized spacial score (nSPS) is 11.2. The summed E-state index contributed by atoms with van der Waals surface area (Å²) in [4.78, 5) is 12.6. The van der Waals surface area contributed by atoms with Crippen molar-refractivity contribution in [3.05, 3.63) is 95.5 Å². The highest BCUT2D eigenvalue weighted by Gasteiger charge is 2.17. The molecule has 0 saturated carbocycles. The molecule has 1 aromatic heterocycles. The maximum absolute atomic E-state index is 12.6. The van der Waals surface area contributed by atoms with E-state index < -0.39 is 0 Å². The van der Waals surface area contributed by atoms with Gasteiger partial charge in [-0.25, -0.2) is 5.43 Å². The summed E-state index contributed by atoms with van der Waals surface area (Å²) in [5.74, 6) is 1.14. The minimum absolute atomic E-state index is 0.0488. The third-order valence-corrected chi connectivity index (χ3v) is 6.91. The number of aromatic hydroxyl groups is 1. The Morgan fingerprint density at radius 2 is 1.82 bits per heavy atom. The summed E-state index contributed by atoms with van der Waals surface area (Å²) >= 11 is 7.32. The number of benzene rings is 4. The van der Waals surface area contributed by atoms with Gasteiger partial charge >= 0.3 is 0 Å². The molecule has 0 aliphatic heterocycles. The Morgan fingerprint density at radius 1 is 1.05 bits per heavy atom. The van der Waals surface area contributed by atoms with Crippen LogP contribution in [0, 0.1) is 0 Å². The van der Waals surface area contributed by atoms with E-state index in [4.69, 9.17) is 16.3 Å². The lowest BCUT2D eigenvalue weighted by Crippen LogP contribution is -2.20. The molecule has 190 valence electrons. The average Bonchev–Trinajstić information content (AvgIpc) is 3.37. The Kier molecular flexibility index (Phi) is 7.57. The summed E-state index contributed by atoms with van der Waals surface area (Å²) < 4.78 is 7.13. The second-order valence-electron chi connectivity index (χ2n) is 8.15. The van der Waals surface area contributed by atoms with E-state index in [1.165, 1.54) is 18.0 Å². The number of fused-ring (bicyclic) bond motifs is 1. The van der Waals surface area contributed by atoms with Gasteiger partial charge in [0.15, 0.2) is 11.0 Å². The minimum atomic E-state index is -0.331. The maximum Gasteiger partial charge on any atom is 0.250 e. The van der Waals surface area contributed by atoms with Crippen molar-refractivity contribution in [3.63, 3.8) is 0 Å². The number of phenolic OH excluding ortho intramolecular Hbond substituents is 1. The molecule has 2 N–H and O–H groups in total. The summed E-state index contributed by atoms with van der Waals surface area (Å²) in [5.41, 5.74) is 4.69. The minimum Gasteiger partial charge on any atom is -0.507 e. The molecule has 1 heterocycles. The van der Waals surface area contributed by atoms with Crippen molar-refractivity contribution < 1.29 is 14.6 Å². The van der Waals surface area contributed by atoms with Crippen molar-refractivity contribution in [1.82, 2.24) is 20.2 Å². The standard InChI is InChI=1S/C28H22ClN5O3S/c1-37-22-13-6-19(7-14-22)27-32-33-28(34(27)21-11-9-20(29)10-12-21)38-17-26(36)31-30-16-24-23-5-3-2-4-18(23)8-15-25(24)35/h2-16,35H,17H2,1H3,(H,31,36)/b30-16+. The monoisotopic (exact) mass is 543 g/mol. The van der Waals surface area contributed by atoms with Gasteiger partial charge in [0, 0.05) is 21.8 Å². The molecular formula is C28H22ClN5O3S. The number of carbonyl (C=O) groups is 1. The number of halogens is 1. The Morgan fingerprint density at radius 3 is 2.58 bits per heavy atom. The molecule has 0 aliphatic carbocycles. The SMILES string of the molecule is COc1ccc(-c2nnc(SCC(=O)N/N=C/c3c(O)ccc4ccccc34)n2-c2ccc(Cl)cc2)cc1. The third-order valence-electron chi connectivity index (χ3n) is 5.73. The number of nitrogens with one attached hydrogen (secondary N) is 1. The molecular weight excluding hydrogens is 522 g/mol. The second-order valence-corrected chi connectivity index (χ2v) is 9.53. The van der Waals surface area contributed by atoms with Gasteiger partial charge in [-0.15, -0.1) is 10.2 Å². The summed E-state index contributed by atoms with van der Waals surface area (Å²) in [6.45, 7) is 0. The number of hydrogen-bond acceptors (Lipinski definition) is 7. The quantitative estimate of drug-likeness (QED) is 0.148. The summed E-state index contributed by atoms with van der Waals surface area (Å²) in [7, 11) is 1.61. The van der Waals surface area contributed by atoms with Gasteiger partial charge in [0.05, 0.1) is 19.1 Å². The van der Waals surface area contributed by atoms with E-state index in [0.29, 0.717) is 21.6 Å². The first kappa shape index (κ1) is 25.3. The first-order valence-electron chi connectivity index (χ1n) is 11.5. The number of hydrogen-bond donors (Lipinski definition) is 2. The largest absolute Gasteiger partial charge is 0.507 e. The van der Waals surface area contributed by atoms with Crippen LogP contribution in [0.15, 0.2) is 95.2 Å². The molecule has 0 unspecified atom stereocenters. The van der Waals surface area contributed by atoms with Gasteiger partial charge in [-0.3, -0.25) is 9.36 Å². The van der Waals surface area contributed by atoms with Gasteiger partial charge in [-0.05, 0) is 65.4 Å². The van der Waals surface area contributed by atoms with E-state index >= 15 is 0 Å². The fourth-order valence-electron chi connectivity index (χ4n) is 3.86. The lowest BCUT2D eigenvalue weighted by molar-refractivity contribution is -0.118. The third kappa shape index (κ3) is 5.49. The van der Waals surface area contributed by atoms with E-state index in [2.05, 4.69) is 20.7 Å². The zero-order chi connectivity index (χ0) is 26.5. The van der Waals surface area contributed by atoms with Crippen molar-refractivity contribution in [2.75, 3.05) is 12.9 Å². The lowest BCUT2D eigenvalue weighted by Gasteiger charge is -2.11. The number of phenols is 1. The van der Waals surface area contributed by atoms with Gasteiger partial charge in [-0.1, -0.05) is 53.7 Å². The number of amides is 1. The molecule has 1 amide bonds. The van der Waals surface area contributed by atoms with E-state index in [1.807, 2.05) is 71.3 Å². The van der Waals surface area contributed by atoms with E-state index in [9.17, 15) is 9.90 Å². The Hall–Kier alpha value is -4.34. The Balaban J connectivity index is 1.34. The zero-order valence-corrected chi connectivity index (χ0v) is 21.8. The van der Waals surface area contributed by atoms with Gasteiger partial charge < -0.3 is 9.84 Å². The van der Waals surface area contributed by atoms with Gasteiger partial charge in [0.1, 0.15) is 11.5 Å². The molecule has 0 saturated heterocycles. The number of nitrogens with zero attached hydrogens (tertiary/aromatic N) is 4. The predicted molar refractivity (Wildman–Crippen MR) is 150 cm³/mol. The molecule has 0 bridgehead atoms. The highest BCUT2D eigenvalue weighted by molar-refractivity contribution is 7.99. The molecule has 8 nitrogen and oxygen atoms in total. The fraction of sp³-hybridized carbons (Fsp3) is 0.0714. The Labute approximate surface area is 227 Å². The molecule has 5 aromatic rings. The summed E-state index contributed by atoms with van der Waals surface area (Å²) in [6, 6.07) is 25.9. The van der Waals surface area contributed by atoms with Crippen LogP contribution in [0.25, 0.3) is 27.8 Å². The topological polar surface area (TPSA) is 102 Å². The highest BCUT2D eigenvalue weighted by Crippen LogP contribution is 2.30. The first-order valence-corrected chi connectivity index (χ1v) is 12.9. The van der Waals surface area contributed by atoms with Gasteiger partial charge in [-0.2, -0.15) is 5.10 Å². The van der Waals surface area contributed by atoms with Crippen molar-refractivity contribution in [2.45, 2.75) is 5.16 Å². The van der Waals surface area contributed by atoms with Crippen molar-refractivity contribution in [1.29, 1.82) is 0 Å². The van der Waals surface area contributed by atoms with Crippen LogP contribution in [0.2, 0.25) is 5.02 Å². The Bertz CT molecular complexity index is 1620. The lowest BCUT2D eigenvalue weighted by atomic mass is 10.0. The number of aromatic nitrogens is 3. The molecule has 0 atom stereocenters. The van der Waals surface area contributed by atoms with Crippen LogP contribution >= 0.6 is 23.4 Å². The van der Waals surface area contributed by atoms with E-state index in [0.717, 1.165) is 27.8 Å². The molecule has 0 aliphatic rings. The van der Waals surface area contributed by atoms with E-state index in [1.54, 1.807) is 25.3 Å². The summed E-state index contributed by atoms with van der Waals surface area (Å²) in [6.07, 6.45) is 1.44.